The quantitative estimate of drug-likeness (QED) is 0.363. The fourth-order valence-electron chi connectivity index (χ4n) is 1.93. The molecule has 0 saturated heterocycles. The fraction of sp³-hybridized carbons (Fsp3) is 0.250. The van der Waals surface area contributed by atoms with Crippen LogP contribution < -0.4 is 4.90 Å². The number of halogens is 1. The van der Waals surface area contributed by atoms with Crippen LogP contribution in [0.3, 0.4) is 0 Å². The van der Waals surface area contributed by atoms with Gasteiger partial charge in [-0.1, -0.05) is 12.2 Å². The van der Waals surface area contributed by atoms with Gasteiger partial charge >= 0.3 is 0 Å². The number of hydrogen-bond donors (Lipinski definition) is 0. The summed E-state index contributed by atoms with van der Waals surface area (Å²) in [6.07, 6.45) is 3.78. The van der Waals surface area contributed by atoms with Crippen molar-refractivity contribution in [1.82, 2.24) is 0 Å². The molecule has 1 heterocycles. The number of nitrogens with zero attached hydrogens (tertiary/aromatic N) is 2. The predicted molar refractivity (Wildman–Crippen MR) is 69.0 cm³/mol. The number of fused-ring (bicyclic) bond motifs is 1. The number of carbonyl (C=O) groups excluding carboxylic acids is 1. The van der Waals surface area contributed by atoms with Crippen molar-refractivity contribution in [3.05, 3.63) is 46.0 Å². The minimum absolute atomic E-state index is 0.0136. The zero-order chi connectivity index (χ0) is 13.1. The second kappa shape index (κ2) is 5.18. The third-order valence-electron chi connectivity index (χ3n) is 2.75. The molecule has 5 nitrogen and oxygen atoms in total. The van der Waals surface area contributed by atoms with Crippen LogP contribution in [0, 0.1) is 10.1 Å². The highest BCUT2D eigenvalue weighted by atomic mass is 35.5. The largest absolute Gasteiger partial charge is 0.308 e. The van der Waals surface area contributed by atoms with Crippen molar-refractivity contribution in [3.8, 4) is 0 Å². The summed E-state index contributed by atoms with van der Waals surface area (Å²) in [5.41, 5.74) is 1.46. The lowest BCUT2D eigenvalue weighted by Crippen LogP contribution is -2.26. The molecule has 0 aromatic heterocycles. The van der Waals surface area contributed by atoms with Gasteiger partial charge in [0.05, 0.1) is 11.3 Å². The molecule has 0 fully saturated rings. The zero-order valence-corrected chi connectivity index (χ0v) is 10.3. The molecule has 0 radical (unpaired) electrons. The number of benzene rings is 1. The van der Waals surface area contributed by atoms with Crippen LogP contribution in [-0.2, 0) is 11.2 Å². The molecule has 18 heavy (non-hydrogen) atoms. The number of amides is 1. The van der Waals surface area contributed by atoms with Gasteiger partial charge in [-0.15, -0.1) is 11.6 Å². The van der Waals surface area contributed by atoms with E-state index in [-0.39, 0.29) is 18.0 Å². The molecule has 1 aromatic rings. The number of hydrogen-bond acceptors (Lipinski definition) is 3. The lowest BCUT2D eigenvalue weighted by atomic mass is 10.1. The Morgan fingerprint density at radius 1 is 1.44 bits per heavy atom. The number of nitro benzene ring substituents is 1. The Hall–Kier alpha value is -1.88. The van der Waals surface area contributed by atoms with Crippen LogP contribution in [0.5, 0.6) is 0 Å². The van der Waals surface area contributed by atoms with Gasteiger partial charge in [0.25, 0.3) is 5.69 Å². The van der Waals surface area contributed by atoms with Crippen molar-refractivity contribution < 1.29 is 9.72 Å². The van der Waals surface area contributed by atoms with Gasteiger partial charge in [0.1, 0.15) is 0 Å². The first-order chi connectivity index (χ1) is 8.63. The third-order valence-corrected chi connectivity index (χ3v) is 2.93. The monoisotopic (exact) mass is 266 g/mol. The summed E-state index contributed by atoms with van der Waals surface area (Å²) >= 11 is 5.51. The molecule has 0 unspecified atom stereocenters. The number of nitro groups is 1. The minimum Gasteiger partial charge on any atom is -0.308 e. The molecule has 0 N–H and O–H groups in total. The molecule has 2 rings (SSSR count). The van der Waals surface area contributed by atoms with Crippen LogP contribution in [0.25, 0.3) is 0 Å². The summed E-state index contributed by atoms with van der Waals surface area (Å²) in [4.78, 5) is 23.6. The third kappa shape index (κ3) is 2.36. The van der Waals surface area contributed by atoms with E-state index in [1.165, 1.54) is 12.1 Å². The summed E-state index contributed by atoms with van der Waals surface area (Å²) in [6.45, 7) is 0.441. The van der Waals surface area contributed by atoms with Gasteiger partial charge in [0.15, 0.2) is 0 Å². The lowest BCUT2D eigenvalue weighted by Gasteiger charge is -2.14. The number of non-ortho nitro benzene ring substituents is 1. The first-order valence-electron chi connectivity index (χ1n) is 5.42. The molecule has 0 atom stereocenters. The van der Waals surface area contributed by atoms with Gasteiger partial charge < -0.3 is 4.90 Å². The van der Waals surface area contributed by atoms with E-state index in [1.807, 2.05) is 0 Å². The average molecular weight is 267 g/mol. The number of alkyl halides is 1. The molecular weight excluding hydrogens is 256 g/mol. The van der Waals surface area contributed by atoms with E-state index in [4.69, 9.17) is 11.6 Å². The van der Waals surface area contributed by atoms with Gasteiger partial charge in [-0.25, -0.2) is 0 Å². The van der Waals surface area contributed by atoms with Crippen LogP contribution >= 0.6 is 11.6 Å². The molecule has 1 amide bonds. The smallest absolute Gasteiger partial charge is 0.269 e. The van der Waals surface area contributed by atoms with E-state index in [0.717, 1.165) is 5.69 Å². The van der Waals surface area contributed by atoms with Gasteiger partial charge in [0, 0.05) is 30.2 Å². The summed E-state index contributed by atoms with van der Waals surface area (Å²) in [6, 6.07) is 4.49. The molecule has 1 aliphatic rings. The lowest BCUT2D eigenvalue weighted by molar-refractivity contribution is -0.384. The average Bonchev–Trinajstić information content (AvgIpc) is 2.65. The fourth-order valence-corrected chi connectivity index (χ4v) is 2.05. The summed E-state index contributed by atoms with van der Waals surface area (Å²) < 4.78 is 0. The van der Waals surface area contributed by atoms with Gasteiger partial charge in [-0.05, 0) is 11.6 Å². The maximum Gasteiger partial charge on any atom is 0.269 e. The molecule has 0 spiro atoms. The van der Waals surface area contributed by atoms with E-state index in [1.54, 1.807) is 23.1 Å². The van der Waals surface area contributed by atoms with E-state index in [9.17, 15) is 14.9 Å². The standard InChI is InChI=1S/C12H11ClN2O3/c13-5-1-2-6-14-11-4-3-10(15(17)18)7-9(11)8-12(14)16/h1-4,7H,5-6,8H2. The Morgan fingerprint density at radius 3 is 2.89 bits per heavy atom. The zero-order valence-electron chi connectivity index (χ0n) is 9.51. The Labute approximate surface area is 109 Å². The Kier molecular flexibility index (Phi) is 3.62. The molecule has 1 aromatic carbocycles. The molecule has 0 bridgehead atoms. The number of allylic oxidation sites excluding steroid dienone is 1. The molecular formula is C12H11ClN2O3. The molecule has 1 aliphatic heterocycles. The van der Waals surface area contributed by atoms with Crippen LogP contribution in [0.4, 0.5) is 11.4 Å². The van der Waals surface area contributed by atoms with E-state index in [2.05, 4.69) is 0 Å². The molecule has 0 aliphatic carbocycles. The van der Waals surface area contributed by atoms with Gasteiger partial charge in [-0.2, -0.15) is 0 Å². The Balaban J connectivity index is 2.26. The highest BCUT2D eigenvalue weighted by Crippen LogP contribution is 2.31. The molecule has 94 valence electrons. The first-order valence-corrected chi connectivity index (χ1v) is 5.95. The van der Waals surface area contributed by atoms with Crippen molar-refractivity contribution in [1.29, 1.82) is 0 Å². The van der Waals surface area contributed by atoms with Crippen LogP contribution in [0.15, 0.2) is 30.4 Å². The second-order valence-electron chi connectivity index (χ2n) is 3.88. The number of anilines is 1. The summed E-state index contributed by atoms with van der Waals surface area (Å²) in [7, 11) is 0. The van der Waals surface area contributed by atoms with Crippen molar-refractivity contribution in [3.63, 3.8) is 0 Å². The normalized spacial score (nSPS) is 14.3. The van der Waals surface area contributed by atoms with Gasteiger partial charge in [0.2, 0.25) is 5.91 Å². The van der Waals surface area contributed by atoms with Crippen molar-refractivity contribution >= 4 is 28.9 Å². The molecule has 0 saturated carbocycles. The SMILES string of the molecule is O=C1Cc2cc([N+](=O)[O-])ccc2N1CC=CCCl. The van der Waals surface area contributed by atoms with Crippen molar-refractivity contribution in [2.24, 2.45) is 0 Å². The highest BCUT2D eigenvalue weighted by Gasteiger charge is 2.27. The van der Waals surface area contributed by atoms with E-state index < -0.39 is 4.92 Å². The minimum atomic E-state index is -0.458. The predicted octanol–water partition coefficient (Wildman–Crippen LogP) is 2.28. The summed E-state index contributed by atoms with van der Waals surface area (Å²) in [5.74, 6) is 0.347. The van der Waals surface area contributed by atoms with Crippen LogP contribution in [-0.4, -0.2) is 23.3 Å². The van der Waals surface area contributed by atoms with Crippen molar-refractivity contribution in [2.45, 2.75) is 6.42 Å². The topological polar surface area (TPSA) is 63.4 Å². The highest BCUT2D eigenvalue weighted by molar-refractivity contribution is 6.18. The maximum absolute atomic E-state index is 11.8. The second-order valence-corrected chi connectivity index (χ2v) is 4.19. The van der Waals surface area contributed by atoms with Crippen LogP contribution in [0.2, 0.25) is 0 Å². The molecule has 6 heteroatoms. The summed E-state index contributed by atoms with van der Waals surface area (Å²) in [5, 5.41) is 10.7. The first kappa shape index (κ1) is 12.6. The Bertz CT molecular complexity index is 528. The Morgan fingerprint density at radius 2 is 2.22 bits per heavy atom. The number of rotatable bonds is 4. The van der Waals surface area contributed by atoms with Gasteiger partial charge in [-0.3, -0.25) is 14.9 Å². The van der Waals surface area contributed by atoms with E-state index in [0.29, 0.717) is 18.0 Å². The van der Waals surface area contributed by atoms with Crippen molar-refractivity contribution in [2.75, 3.05) is 17.3 Å². The van der Waals surface area contributed by atoms with E-state index >= 15 is 0 Å². The maximum atomic E-state index is 11.8. The van der Waals surface area contributed by atoms with Crippen LogP contribution in [0.1, 0.15) is 5.56 Å². The number of carbonyl (C=O) groups is 1.